The van der Waals surface area contributed by atoms with Gasteiger partial charge in [0, 0.05) is 44.2 Å². The Morgan fingerprint density at radius 2 is 1.81 bits per heavy atom. The lowest BCUT2D eigenvalue weighted by Crippen LogP contribution is -2.41. The average molecular weight is 395 g/mol. The van der Waals surface area contributed by atoms with E-state index in [0.717, 1.165) is 51.7 Å². The zero-order chi connectivity index (χ0) is 18.8. The van der Waals surface area contributed by atoms with Gasteiger partial charge in [-0.2, -0.15) is 0 Å². The molecule has 1 aromatic rings. The van der Waals surface area contributed by atoms with Crippen LogP contribution < -0.4 is 0 Å². The van der Waals surface area contributed by atoms with Crippen molar-refractivity contribution in [3.63, 3.8) is 0 Å². The molecule has 1 saturated carbocycles. The largest absolute Gasteiger partial charge is 0.365 e. The molecular formula is C21H28ClFN2O2. The van der Waals surface area contributed by atoms with Crippen LogP contribution in [0.25, 0.3) is 0 Å². The maximum atomic E-state index is 14.1. The fraction of sp³-hybridized carbons (Fsp3) is 0.667. The smallest absolute Gasteiger partial charge is 0.252 e. The summed E-state index contributed by atoms with van der Waals surface area (Å²) >= 11 is 5.87. The van der Waals surface area contributed by atoms with Gasteiger partial charge < -0.3 is 9.64 Å². The third-order valence-corrected chi connectivity index (χ3v) is 6.56. The Hall–Kier alpha value is -1.17. The zero-order valence-corrected chi connectivity index (χ0v) is 16.5. The van der Waals surface area contributed by atoms with Crippen molar-refractivity contribution >= 4 is 17.5 Å². The van der Waals surface area contributed by atoms with Crippen molar-refractivity contribution in [3.05, 3.63) is 34.6 Å². The maximum absolute atomic E-state index is 14.1. The van der Waals surface area contributed by atoms with E-state index in [4.69, 9.17) is 16.3 Å². The lowest BCUT2D eigenvalue weighted by molar-refractivity contribution is -0.143. The number of carbonyl (C=O) groups is 1. The summed E-state index contributed by atoms with van der Waals surface area (Å²) < 4.78 is 20.3. The lowest BCUT2D eigenvalue weighted by Gasteiger charge is -2.33. The topological polar surface area (TPSA) is 32.8 Å². The van der Waals surface area contributed by atoms with E-state index in [1.165, 1.54) is 12.8 Å². The summed E-state index contributed by atoms with van der Waals surface area (Å²) in [4.78, 5) is 17.0. The first-order valence-corrected chi connectivity index (χ1v) is 10.6. The Labute approximate surface area is 165 Å². The number of carbonyl (C=O) groups excluding carboxylic acids is 1. The molecular weight excluding hydrogens is 367 g/mol. The average Bonchev–Trinajstić information content (AvgIpc) is 3.31. The molecule has 1 amide bonds. The van der Waals surface area contributed by atoms with E-state index in [1.54, 1.807) is 18.2 Å². The molecule has 0 spiro atoms. The van der Waals surface area contributed by atoms with Crippen molar-refractivity contribution in [1.29, 1.82) is 0 Å². The van der Waals surface area contributed by atoms with Gasteiger partial charge in [-0.25, -0.2) is 4.39 Å². The van der Waals surface area contributed by atoms with Gasteiger partial charge >= 0.3 is 0 Å². The number of amides is 1. The van der Waals surface area contributed by atoms with Gasteiger partial charge in [0.25, 0.3) is 5.91 Å². The van der Waals surface area contributed by atoms with Gasteiger partial charge in [-0.15, -0.1) is 0 Å². The summed E-state index contributed by atoms with van der Waals surface area (Å²) in [6.07, 6.45) is 7.24. The predicted molar refractivity (Wildman–Crippen MR) is 103 cm³/mol. The zero-order valence-electron chi connectivity index (χ0n) is 15.7. The van der Waals surface area contributed by atoms with Crippen molar-refractivity contribution in [2.24, 2.45) is 0 Å². The lowest BCUT2D eigenvalue weighted by atomic mass is 10.1. The van der Waals surface area contributed by atoms with Crippen LogP contribution in [0.2, 0.25) is 5.02 Å². The number of hydrogen-bond acceptors (Lipinski definition) is 3. The number of nitrogens with zero attached hydrogens (tertiary/aromatic N) is 2. The monoisotopic (exact) mass is 394 g/mol. The fourth-order valence-corrected chi connectivity index (χ4v) is 4.92. The Morgan fingerprint density at radius 1 is 1.07 bits per heavy atom. The molecule has 0 bridgehead atoms. The molecule has 2 aliphatic heterocycles. The van der Waals surface area contributed by atoms with Gasteiger partial charge in [-0.05, 0) is 31.7 Å². The first-order chi connectivity index (χ1) is 13.1. The number of benzene rings is 1. The standard InChI is InChI=1S/C21H28ClFN2O2/c22-18-7-3-4-15(20(18)23)14-24-11-8-17(9-12-24)27-19-10-13-25(21(19)26)16-5-1-2-6-16/h3-4,7,16-17,19H,1-2,5-6,8-14H2. The third kappa shape index (κ3) is 4.30. The second kappa shape index (κ2) is 8.46. The Bertz CT molecular complexity index is 672. The third-order valence-electron chi connectivity index (χ3n) is 6.27. The molecule has 1 aromatic carbocycles. The summed E-state index contributed by atoms with van der Waals surface area (Å²) in [5, 5.41) is 0.178. The van der Waals surface area contributed by atoms with Crippen molar-refractivity contribution in [2.75, 3.05) is 19.6 Å². The number of ether oxygens (including phenoxy) is 1. The van der Waals surface area contributed by atoms with E-state index in [1.807, 2.05) is 0 Å². The first kappa shape index (κ1) is 19.2. The molecule has 0 radical (unpaired) electrons. The van der Waals surface area contributed by atoms with Gasteiger partial charge in [0.05, 0.1) is 11.1 Å². The SMILES string of the molecule is O=C1C(OC2CCN(Cc3cccc(Cl)c3F)CC2)CCN1C1CCCC1. The molecule has 3 fully saturated rings. The molecule has 0 N–H and O–H groups in total. The van der Waals surface area contributed by atoms with E-state index in [9.17, 15) is 9.18 Å². The number of hydrogen-bond donors (Lipinski definition) is 0. The second-order valence-corrected chi connectivity index (χ2v) is 8.48. The summed E-state index contributed by atoms with van der Waals surface area (Å²) in [7, 11) is 0. The van der Waals surface area contributed by atoms with E-state index in [-0.39, 0.29) is 29.0 Å². The number of rotatable bonds is 5. The first-order valence-electron chi connectivity index (χ1n) is 10.2. The van der Waals surface area contributed by atoms with Crippen molar-refractivity contribution < 1.29 is 13.9 Å². The second-order valence-electron chi connectivity index (χ2n) is 8.07. The van der Waals surface area contributed by atoms with Crippen LogP contribution in [0, 0.1) is 5.82 Å². The molecule has 2 saturated heterocycles. The van der Waals surface area contributed by atoms with Crippen LogP contribution in [0.5, 0.6) is 0 Å². The molecule has 6 heteroatoms. The van der Waals surface area contributed by atoms with Crippen LogP contribution in [-0.2, 0) is 16.1 Å². The molecule has 4 rings (SSSR count). The van der Waals surface area contributed by atoms with Gasteiger partial charge in [0.15, 0.2) is 0 Å². The fourth-order valence-electron chi connectivity index (χ4n) is 4.73. The molecule has 4 nitrogen and oxygen atoms in total. The highest BCUT2D eigenvalue weighted by atomic mass is 35.5. The number of piperidine rings is 1. The Kier molecular flexibility index (Phi) is 6.00. The van der Waals surface area contributed by atoms with Crippen LogP contribution in [-0.4, -0.2) is 53.6 Å². The molecule has 148 valence electrons. The maximum Gasteiger partial charge on any atom is 0.252 e. The van der Waals surface area contributed by atoms with Crippen molar-refractivity contribution in [2.45, 2.75) is 69.7 Å². The van der Waals surface area contributed by atoms with E-state index in [2.05, 4.69) is 9.80 Å². The summed E-state index contributed by atoms with van der Waals surface area (Å²) in [5.41, 5.74) is 0.639. The van der Waals surface area contributed by atoms with Gasteiger partial charge in [0.1, 0.15) is 11.9 Å². The molecule has 1 aliphatic carbocycles. The molecule has 27 heavy (non-hydrogen) atoms. The molecule has 0 aromatic heterocycles. The molecule has 2 heterocycles. The number of halogens is 2. The summed E-state index contributed by atoms with van der Waals surface area (Å²) in [6.45, 7) is 3.12. The van der Waals surface area contributed by atoms with Gasteiger partial charge in [-0.3, -0.25) is 9.69 Å². The minimum atomic E-state index is -0.318. The van der Waals surface area contributed by atoms with E-state index >= 15 is 0 Å². The number of likely N-dealkylation sites (tertiary alicyclic amines) is 2. The summed E-state index contributed by atoms with van der Waals surface area (Å²) in [6, 6.07) is 5.60. The van der Waals surface area contributed by atoms with Crippen LogP contribution in [0.3, 0.4) is 0 Å². The minimum absolute atomic E-state index is 0.128. The Balaban J connectivity index is 1.25. The van der Waals surface area contributed by atoms with Crippen LogP contribution in [0.1, 0.15) is 50.5 Å². The van der Waals surface area contributed by atoms with Crippen LogP contribution >= 0.6 is 11.6 Å². The predicted octanol–water partition coefficient (Wildman–Crippen LogP) is 4.00. The highest BCUT2D eigenvalue weighted by Crippen LogP contribution is 2.30. The van der Waals surface area contributed by atoms with Crippen LogP contribution in [0.4, 0.5) is 4.39 Å². The quantitative estimate of drug-likeness (QED) is 0.756. The van der Waals surface area contributed by atoms with Crippen LogP contribution in [0.15, 0.2) is 18.2 Å². The Morgan fingerprint density at radius 3 is 2.56 bits per heavy atom. The highest BCUT2D eigenvalue weighted by Gasteiger charge is 2.39. The molecule has 1 unspecified atom stereocenters. The minimum Gasteiger partial charge on any atom is -0.365 e. The normalized spacial score (nSPS) is 25.6. The highest BCUT2D eigenvalue weighted by molar-refractivity contribution is 6.30. The van der Waals surface area contributed by atoms with E-state index in [0.29, 0.717) is 18.2 Å². The van der Waals surface area contributed by atoms with Crippen molar-refractivity contribution in [1.82, 2.24) is 9.80 Å². The van der Waals surface area contributed by atoms with Gasteiger partial charge in [-0.1, -0.05) is 36.6 Å². The molecule has 1 atom stereocenters. The van der Waals surface area contributed by atoms with Gasteiger partial charge in [0.2, 0.25) is 0 Å². The summed E-state index contributed by atoms with van der Waals surface area (Å²) in [5.74, 6) is -0.119. The van der Waals surface area contributed by atoms with E-state index < -0.39 is 0 Å². The molecule has 3 aliphatic rings. The van der Waals surface area contributed by atoms with Crippen molar-refractivity contribution in [3.8, 4) is 0 Å².